The summed E-state index contributed by atoms with van der Waals surface area (Å²) in [5, 5.41) is 3.21. The topological polar surface area (TPSA) is 32.3 Å². The minimum absolute atomic E-state index is 0.305. The molecule has 2 rings (SSSR count). The van der Waals surface area contributed by atoms with E-state index < -0.39 is 0 Å². The van der Waals surface area contributed by atoms with Gasteiger partial charge in [0, 0.05) is 19.5 Å². The van der Waals surface area contributed by atoms with Gasteiger partial charge in [0.15, 0.2) is 0 Å². The van der Waals surface area contributed by atoms with E-state index in [2.05, 4.69) is 24.4 Å². The fraction of sp³-hybridized carbons (Fsp3) is 0.533. The number of nitrogens with one attached hydrogen (secondary N) is 1. The Morgan fingerprint density at radius 3 is 2.61 bits per heavy atom. The summed E-state index contributed by atoms with van der Waals surface area (Å²) in [7, 11) is 0. The van der Waals surface area contributed by atoms with Crippen LogP contribution in [-0.4, -0.2) is 37.0 Å². The molecule has 3 nitrogen and oxygen atoms in total. The fourth-order valence-corrected chi connectivity index (χ4v) is 2.24. The minimum atomic E-state index is 0.305. The molecule has 0 aromatic heterocycles. The van der Waals surface area contributed by atoms with E-state index in [0.29, 0.717) is 18.2 Å². The molecule has 0 saturated carbocycles. The summed E-state index contributed by atoms with van der Waals surface area (Å²) in [6.07, 6.45) is 1.65. The van der Waals surface area contributed by atoms with Gasteiger partial charge < -0.3 is 10.2 Å². The Kier molecular flexibility index (Phi) is 4.76. The summed E-state index contributed by atoms with van der Waals surface area (Å²) >= 11 is 0. The molecule has 1 N–H and O–H groups in total. The van der Waals surface area contributed by atoms with E-state index in [1.807, 2.05) is 23.1 Å². The standard InChI is InChI=1S/C15H22N2O/c1-2-17(15(18)10-14-11-16-12-14)9-8-13-6-4-3-5-7-13/h3-7,14,16H,2,8-12H2,1H3. The molecule has 0 bridgehead atoms. The van der Waals surface area contributed by atoms with E-state index in [0.717, 1.165) is 32.6 Å². The van der Waals surface area contributed by atoms with Crippen LogP contribution in [0.2, 0.25) is 0 Å². The van der Waals surface area contributed by atoms with Crippen LogP contribution in [0.25, 0.3) is 0 Å². The number of nitrogens with zero attached hydrogens (tertiary/aromatic N) is 1. The summed E-state index contributed by atoms with van der Waals surface area (Å²) in [5.74, 6) is 0.864. The lowest BCUT2D eigenvalue weighted by Gasteiger charge is -2.29. The van der Waals surface area contributed by atoms with Gasteiger partial charge >= 0.3 is 0 Å². The lowest BCUT2D eigenvalue weighted by Crippen LogP contribution is -2.45. The predicted molar refractivity (Wildman–Crippen MR) is 73.4 cm³/mol. The average Bonchev–Trinajstić information content (AvgIpc) is 2.36. The first-order valence-electron chi connectivity index (χ1n) is 6.82. The van der Waals surface area contributed by atoms with Crippen molar-refractivity contribution in [2.45, 2.75) is 19.8 Å². The van der Waals surface area contributed by atoms with Crippen molar-refractivity contribution >= 4 is 5.91 Å². The molecule has 3 heteroatoms. The summed E-state index contributed by atoms with van der Waals surface area (Å²) < 4.78 is 0. The molecule has 18 heavy (non-hydrogen) atoms. The Bertz CT molecular complexity index is 373. The zero-order valence-corrected chi connectivity index (χ0v) is 11.1. The first kappa shape index (κ1) is 13.1. The second kappa shape index (κ2) is 6.55. The Hall–Kier alpha value is -1.35. The Morgan fingerprint density at radius 2 is 2.06 bits per heavy atom. The fourth-order valence-electron chi connectivity index (χ4n) is 2.24. The number of hydrogen-bond acceptors (Lipinski definition) is 2. The molecule has 1 aromatic rings. The summed E-state index contributed by atoms with van der Waals surface area (Å²) in [6.45, 7) is 5.71. The Labute approximate surface area is 109 Å². The average molecular weight is 246 g/mol. The zero-order chi connectivity index (χ0) is 12.8. The molecule has 1 fully saturated rings. The van der Waals surface area contributed by atoms with Crippen LogP contribution in [0, 0.1) is 5.92 Å². The molecule has 1 amide bonds. The molecule has 1 heterocycles. The number of carbonyl (C=O) groups is 1. The second-order valence-electron chi connectivity index (χ2n) is 4.94. The lowest BCUT2D eigenvalue weighted by atomic mass is 9.98. The van der Waals surface area contributed by atoms with Gasteiger partial charge in [0.1, 0.15) is 0 Å². The molecule has 0 radical (unpaired) electrons. The first-order chi connectivity index (χ1) is 8.79. The molecular weight excluding hydrogens is 224 g/mol. The minimum Gasteiger partial charge on any atom is -0.343 e. The number of benzene rings is 1. The van der Waals surface area contributed by atoms with Gasteiger partial charge in [0.2, 0.25) is 5.91 Å². The van der Waals surface area contributed by atoms with Gasteiger partial charge in [-0.15, -0.1) is 0 Å². The number of hydrogen-bond donors (Lipinski definition) is 1. The molecule has 0 spiro atoms. The van der Waals surface area contributed by atoms with Crippen LogP contribution >= 0.6 is 0 Å². The van der Waals surface area contributed by atoms with Crippen LogP contribution in [-0.2, 0) is 11.2 Å². The van der Waals surface area contributed by atoms with E-state index in [1.165, 1.54) is 5.56 Å². The third-order valence-electron chi connectivity index (χ3n) is 3.58. The normalized spacial score (nSPS) is 15.2. The highest BCUT2D eigenvalue weighted by Crippen LogP contribution is 2.11. The van der Waals surface area contributed by atoms with Crippen molar-refractivity contribution in [1.29, 1.82) is 0 Å². The number of amides is 1. The maximum Gasteiger partial charge on any atom is 0.222 e. The van der Waals surface area contributed by atoms with Crippen molar-refractivity contribution in [3.8, 4) is 0 Å². The highest BCUT2D eigenvalue weighted by Gasteiger charge is 2.22. The van der Waals surface area contributed by atoms with Gasteiger partial charge in [-0.05, 0) is 37.9 Å². The molecule has 0 aliphatic carbocycles. The zero-order valence-electron chi connectivity index (χ0n) is 11.1. The highest BCUT2D eigenvalue weighted by atomic mass is 16.2. The van der Waals surface area contributed by atoms with Crippen LogP contribution in [0.1, 0.15) is 18.9 Å². The molecule has 1 aliphatic heterocycles. The van der Waals surface area contributed by atoms with Crippen molar-refractivity contribution in [2.75, 3.05) is 26.2 Å². The Morgan fingerprint density at radius 1 is 1.33 bits per heavy atom. The second-order valence-corrected chi connectivity index (χ2v) is 4.94. The molecule has 0 unspecified atom stereocenters. The van der Waals surface area contributed by atoms with Crippen molar-refractivity contribution in [1.82, 2.24) is 10.2 Å². The monoisotopic (exact) mass is 246 g/mol. The third-order valence-corrected chi connectivity index (χ3v) is 3.58. The highest BCUT2D eigenvalue weighted by molar-refractivity contribution is 5.76. The first-order valence-corrected chi connectivity index (χ1v) is 6.82. The van der Waals surface area contributed by atoms with Crippen molar-refractivity contribution < 1.29 is 4.79 Å². The van der Waals surface area contributed by atoms with Crippen LogP contribution in [0.4, 0.5) is 0 Å². The van der Waals surface area contributed by atoms with E-state index in [-0.39, 0.29) is 0 Å². The van der Waals surface area contributed by atoms with Crippen LogP contribution in [0.5, 0.6) is 0 Å². The third kappa shape index (κ3) is 3.57. The smallest absolute Gasteiger partial charge is 0.222 e. The van der Waals surface area contributed by atoms with E-state index in [9.17, 15) is 4.79 Å². The number of rotatable bonds is 6. The summed E-state index contributed by atoms with van der Waals surface area (Å²) in [4.78, 5) is 14.1. The SMILES string of the molecule is CCN(CCc1ccccc1)C(=O)CC1CNC1. The molecular formula is C15H22N2O. The lowest BCUT2D eigenvalue weighted by molar-refractivity contribution is -0.132. The molecule has 1 aliphatic rings. The summed E-state index contributed by atoms with van der Waals surface area (Å²) in [5.41, 5.74) is 1.30. The maximum atomic E-state index is 12.1. The van der Waals surface area contributed by atoms with Crippen LogP contribution in [0.3, 0.4) is 0 Å². The molecule has 98 valence electrons. The number of carbonyl (C=O) groups excluding carboxylic acids is 1. The van der Waals surface area contributed by atoms with Crippen molar-refractivity contribution in [3.05, 3.63) is 35.9 Å². The Balaban J connectivity index is 1.79. The quantitative estimate of drug-likeness (QED) is 0.828. The van der Waals surface area contributed by atoms with Gasteiger partial charge in [-0.1, -0.05) is 30.3 Å². The molecule has 1 aromatic carbocycles. The largest absolute Gasteiger partial charge is 0.343 e. The van der Waals surface area contributed by atoms with Gasteiger partial charge in [0.05, 0.1) is 0 Å². The summed E-state index contributed by atoms with van der Waals surface area (Å²) in [6, 6.07) is 10.4. The van der Waals surface area contributed by atoms with E-state index in [1.54, 1.807) is 0 Å². The number of likely N-dealkylation sites (N-methyl/N-ethyl adjacent to an activating group) is 1. The van der Waals surface area contributed by atoms with Crippen molar-refractivity contribution in [2.24, 2.45) is 5.92 Å². The predicted octanol–water partition coefficient (Wildman–Crippen LogP) is 1.69. The maximum absolute atomic E-state index is 12.1. The van der Waals surface area contributed by atoms with Crippen molar-refractivity contribution in [3.63, 3.8) is 0 Å². The van der Waals surface area contributed by atoms with E-state index >= 15 is 0 Å². The van der Waals surface area contributed by atoms with Gasteiger partial charge in [-0.3, -0.25) is 4.79 Å². The van der Waals surface area contributed by atoms with Crippen LogP contribution in [0.15, 0.2) is 30.3 Å². The van der Waals surface area contributed by atoms with Gasteiger partial charge in [-0.25, -0.2) is 0 Å². The van der Waals surface area contributed by atoms with Gasteiger partial charge in [-0.2, -0.15) is 0 Å². The molecule has 0 atom stereocenters. The van der Waals surface area contributed by atoms with Crippen LogP contribution < -0.4 is 5.32 Å². The van der Waals surface area contributed by atoms with E-state index in [4.69, 9.17) is 0 Å². The molecule has 1 saturated heterocycles. The van der Waals surface area contributed by atoms with Gasteiger partial charge in [0.25, 0.3) is 0 Å².